The minimum Gasteiger partial charge on any atom is -0.303 e. The summed E-state index contributed by atoms with van der Waals surface area (Å²) in [4.78, 5) is 6.26. The van der Waals surface area contributed by atoms with Crippen molar-refractivity contribution >= 4 is 21.6 Å². The zero-order valence-electron chi connectivity index (χ0n) is 10.8. The summed E-state index contributed by atoms with van der Waals surface area (Å²) in [5.74, 6) is 0.382. The van der Waals surface area contributed by atoms with Crippen molar-refractivity contribution in [2.45, 2.75) is 18.2 Å². The van der Waals surface area contributed by atoms with Crippen molar-refractivity contribution in [3.63, 3.8) is 0 Å². The molecule has 0 aliphatic carbocycles. The van der Waals surface area contributed by atoms with Gasteiger partial charge in [0.05, 0.1) is 4.90 Å². The molecule has 19 heavy (non-hydrogen) atoms. The molecular weight excluding hydrogens is 286 g/mol. The molecule has 5 nitrogen and oxygen atoms in total. The lowest BCUT2D eigenvalue weighted by Crippen LogP contribution is -2.31. The number of rotatable bonds is 5. The number of hydrogen-bond acceptors (Lipinski definition) is 4. The monoisotopic (exact) mass is 303 g/mol. The van der Waals surface area contributed by atoms with E-state index in [9.17, 15) is 8.42 Å². The Hall–Kier alpha value is -0.690. The van der Waals surface area contributed by atoms with Crippen LogP contribution in [0.2, 0.25) is 5.15 Å². The Morgan fingerprint density at radius 3 is 3.00 bits per heavy atom. The lowest BCUT2D eigenvalue weighted by atomic mass is 10.1. The van der Waals surface area contributed by atoms with E-state index in [1.807, 2.05) is 0 Å². The van der Waals surface area contributed by atoms with Gasteiger partial charge in [-0.25, -0.2) is 18.1 Å². The first-order valence-corrected chi connectivity index (χ1v) is 8.21. The molecule has 0 bridgehead atoms. The van der Waals surface area contributed by atoms with E-state index in [0.717, 1.165) is 26.1 Å². The van der Waals surface area contributed by atoms with Crippen molar-refractivity contribution in [1.82, 2.24) is 14.6 Å². The van der Waals surface area contributed by atoms with Gasteiger partial charge in [-0.05, 0) is 37.6 Å². The van der Waals surface area contributed by atoms with Crippen molar-refractivity contribution < 1.29 is 8.42 Å². The van der Waals surface area contributed by atoms with Crippen LogP contribution in [0.3, 0.4) is 0 Å². The van der Waals surface area contributed by atoms with E-state index in [1.54, 1.807) is 0 Å². The van der Waals surface area contributed by atoms with Gasteiger partial charge in [0.25, 0.3) is 0 Å². The smallest absolute Gasteiger partial charge is 0.240 e. The third-order valence-electron chi connectivity index (χ3n) is 3.39. The van der Waals surface area contributed by atoms with Crippen LogP contribution in [0.1, 0.15) is 13.3 Å². The summed E-state index contributed by atoms with van der Waals surface area (Å²) in [6.45, 7) is 5.60. The molecule has 1 unspecified atom stereocenters. The molecule has 0 saturated carbocycles. The molecular formula is C12H18ClN3O2S. The molecule has 2 heterocycles. The van der Waals surface area contributed by atoms with Crippen LogP contribution in [0.4, 0.5) is 0 Å². The molecule has 0 spiro atoms. The van der Waals surface area contributed by atoms with Gasteiger partial charge in [0, 0.05) is 19.3 Å². The first-order valence-electron chi connectivity index (χ1n) is 6.35. The Morgan fingerprint density at radius 1 is 1.58 bits per heavy atom. The fourth-order valence-electron chi connectivity index (χ4n) is 2.23. The van der Waals surface area contributed by atoms with Gasteiger partial charge in [0.1, 0.15) is 5.15 Å². The first-order chi connectivity index (χ1) is 9.01. The average molecular weight is 304 g/mol. The zero-order chi connectivity index (χ0) is 13.9. The quantitative estimate of drug-likeness (QED) is 0.834. The van der Waals surface area contributed by atoms with Crippen molar-refractivity contribution in [1.29, 1.82) is 0 Å². The van der Waals surface area contributed by atoms with Gasteiger partial charge in [-0.2, -0.15) is 0 Å². The molecule has 0 aromatic carbocycles. The maximum Gasteiger partial charge on any atom is 0.240 e. The Kier molecular flexibility index (Phi) is 4.78. The topological polar surface area (TPSA) is 62.3 Å². The number of sulfonamides is 1. The molecule has 1 fully saturated rings. The number of likely N-dealkylation sites (tertiary alicyclic amines) is 1. The van der Waals surface area contributed by atoms with Crippen LogP contribution in [0.15, 0.2) is 23.2 Å². The van der Waals surface area contributed by atoms with Crippen LogP contribution >= 0.6 is 11.6 Å². The fourth-order valence-corrected chi connectivity index (χ4v) is 3.60. The second-order valence-electron chi connectivity index (χ2n) is 4.71. The molecule has 106 valence electrons. The van der Waals surface area contributed by atoms with E-state index in [1.165, 1.54) is 18.3 Å². The largest absolute Gasteiger partial charge is 0.303 e. The summed E-state index contributed by atoms with van der Waals surface area (Å²) >= 11 is 5.71. The first kappa shape index (κ1) is 14.7. The van der Waals surface area contributed by atoms with E-state index >= 15 is 0 Å². The van der Waals surface area contributed by atoms with Crippen molar-refractivity contribution in [2.24, 2.45) is 5.92 Å². The average Bonchev–Trinajstić information content (AvgIpc) is 2.84. The van der Waals surface area contributed by atoms with Crippen molar-refractivity contribution in [3.05, 3.63) is 23.5 Å². The van der Waals surface area contributed by atoms with Gasteiger partial charge in [0.15, 0.2) is 0 Å². The number of hydrogen-bond donors (Lipinski definition) is 1. The molecule has 1 aromatic heterocycles. The third kappa shape index (κ3) is 3.89. The van der Waals surface area contributed by atoms with Crippen molar-refractivity contribution in [2.75, 3.05) is 26.2 Å². The number of pyridine rings is 1. The highest BCUT2D eigenvalue weighted by atomic mass is 35.5. The summed E-state index contributed by atoms with van der Waals surface area (Å²) < 4.78 is 26.8. The number of nitrogens with zero attached hydrogens (tertiary/aromatic N) is 2. The summed E-state index contributed by atoms with van der Waals surface area (Å²) in [6, 6.07) is 2.80. The normalized spacial score (nSPS) is 20.8. The molecule has 1 aliphatic heterocycles. The molecule has 1 aromatic rings. The molecule has 2 rings (SSSR count). The Bertz CT molecular complexity index is 536. The van der Waals surface area contributed by atoms with E-state index < -0.39 is 10.0 Å². The van der Waals surface area contributed by atoms with Gasteiger partial charge >= 0.3 is 0 Å². The molecule has 1 aliphatic rings. The predicted octanol–water partition coefficient (Wildman–Crippen LogP) is 1.36. The standard InChI is InChI=1S/C12H18ClN3O2S/c1-2-16-6-4-10(9-16)8-15-19(17,18)11-3-5-14-12(13)7-11/h3,5,7,10,15H,2,4,6,8-9H2,1H3. The second kappa shape index (κ2) is 6.17. The number of nitrogens with one attached hydrogen (secondary N) is 1. The van der Waals surface area contributed by atoms with E-state index in [0.29, 0.717) is 12.5 Å². The minimum atomic E-state index is -3.49. The molecule has 1 N–H and O–H groups in total. The Balaban J connectivity index is 1.95. The lowest BCUT2D eigenvalue weighted by molar-refractivity contribution is 0.342. The van der Waals surface area contributed by atoms with Gasteiger partial charge in [-0.1, -0.05) is 18.5 Å². The Morgan fingerprint density at radius 2 is 2.37 bits per heavy atom. The van der Waals surface area contributed by atoms with Gasteiger partial charge < -0.3 is 4.90 Å². The fraction of sp³-hybridized carbons (Fsp3) is 0.583. The van der Waals surface area contributed by atoms with E-state index in [-0.39, 0.29) is 10.0 Å². The van der Waals surface area contributed by atoms with Gasteiger partial charge in [-0.15, -0.1) is 0 Å². The molecule has 1 atom stereocenters. The highest BCUT2D eigenvalue weighted by Crippen LogP contribution is 2.17. The van der Waals surface area contributed by atoms with E-state index in [4.69, 9.17) is 11.6 Å². The third-order valence-corrected chi connectivity index (χ3v) is 5.02. The van der Waals surface area contributed by atoms with Crippen LogP contribution in [-0.4, -0.2) is 44.5 Å². The van der Waals surface area contributed by atoms with Crippen molar-refractivity contribution in [3.8, 4) is 0 Å². The highest BCUT2D eigenvalue weighted by Gasteiger charge is 2.23. The molecule has 1 saturated heterocycles. The SMILES string of the molecule is CCN1CCC(CNS(=O)(=O)c2ccnc(Cl)c2)C1. The number of halogens is 1. The number of aromatic nitrogens is 1. The highest BCUT2D eigenvalue weighted by molar-refractivity contribution is 7.89. The minimum absolute atomic E-state index is 0.165. The Labute approximate surface area is 119 Å². The van der Waals surface area contributed by atoms with E-state index in [2.05, 4.69) is 21.5 Å². The van der Waals surface area contributed by atoms with Crippen LogP contribution in [-0.2, 0) is 10.0 Å². The van der Waals surface area contributed by atoms with Gasteiger partial charge in [0.2, 0.25) is 10.0 Å². The predicted molar refractivity (Wildman–Crippen MR) is 74.7 cm³/mol. The zero-order valence-corrected chi connectivity index (χ0v) is 12.4. The maximum atomic E-state index is 12.1. The maximum absolute atomic E-state index is 12.1. The summed E-state index contributed by atoms with van der Waals surface area (Å²) in [6.07, 6.45) is 2.43. The molecule has 7 heteroatoms. The van der Waals surface area contributed by atoms with Crippen LogP contribution in [0.25, 0.3) is 0 Å². The summed E-state index contributed by atoms with van der Waals surface area (Å²) in [5, 5.41) is 0.181. The summed E-state index contributed by atoms with van der Waals surface area (Å²) in [5.41, 5.74) is 0. The molecule has 0 amide bonds. The second-order valence-corrected chi connectivity index (χ2v) is 6.87. The molecule has 0 radical (unpaired) electrons. The lowest BCUT2D eigenvalue weighted by Gasteiger charge is -2.14. The van der Waals surface area contributed by atoms with Gasteiger partial charge in [-0.3, -0.25) is 0 Å². The van der Waals surface area contributed by atoms with Crippen LogP contribution in [0, 0.1) is 5.92 Å². The van der Waals surface area contributed by atoms with Crippen LogP contribution in [0.5, 0.6) is 0 Å². The van der Waals surface area contributed by atoms with Crippen LogP contribution < -0.4 is 4.72 Å². The summed E-state index contributed by atoms with van der Waals surface area (Å²) in [7, 11) is -3.49.